The average molecular weight is 427 g/mol. The highest BCUT2D eigenvalue weighted by Crippen LogP contribution is 2.23. The lowest BCUT2D eigenvalue weighted by Crippen LogP contribution is -2.24. The second-order valence-corrected chi connectivity index (χ2v) is 6.42. The minimum absolute atomic E-state index is 0.225. The zero-order valence-electron chi connectivity index (χ0n) is 16.1. The molecule has 0 atom stereocenters. The molecule has 1 heterocycles. The lowest BCUT2D eigenvalue weighted by atomic mass is 10.1. The number of carbonyl (C=O) groups excluding carboxylic acids is 2. The van der Waals surface area contributed by atoms with Crippen molar-refractivity contribution in [2.75, 3.05) is 13.2 Å². The summed E-state index contributed by atoms with van der Waals surface area (Å²) >= 11 is 5.96. The zero-order valence-corrected chi connectivity index (χ0v) is 16.9. The number of nitrogens with one attached hydrogen (secondary N) is 1. The molecule has 0 fully saturated rings. The Balaban J connectivity index is 1.52. The van der Waals surface area contributed by atoms with Crippen LogP contribution in [0, 0.1) is 0 Å². The third-order valence-electron chi connectivity index (χ3n) is 3.88. The van der Waals surface area contributed by atoms with Crippen molar-refractivity contribution >= 4 is 29.7 Å². The SMILES string of the molecule is CCOC(=O)c1ccc(-c2ccc(/C=N\NC(=O)COc3ccccc3Cl)o2)cc1. The molecule has 1 N–H and O–H groups in total. The van der Waals surface area contributed by atoms with E-state index in [4.69, 9.17) is 25.5 Å². The van der Waals surface area contributed by atoms with Gasteiger partial charge in [-0.15, -0.1) is 0 Å². The van der Waals surface area contributed by atoms with E-state index < -0.39 is 5.91 Å². The predicted molar refractivity (Wildman–Crippen MR) is 113 cm³/mol. The van der Waals surface area contributed by atoms with Crippen molar-refractivity contribution in [3.05, 3.63) is 77.0 Å². The Hall–Kier alpha value is -3.58. The zero-order chi connectivity index (χ0) is 21.3. The summed E-state index contributed by atoms with van der Waals surface area (Å²) in [4.78, 5) is 23.5. The first-order valence-electron chi connectivity index (χ1n) is 9.13. The summed E-state index contributed by atoms with van der Waals surface area (Å²) < 4.78 is 16.0. The Kier molecular flexibility index (Phi) is 7.24. The second-order valence-electron chi connectivity index (χ2n) is 6.01. The van der Waals surface area contributed by atoms with Crippen molar-refractivity contribution in [2.24, 2.45) is 5.10 Å². The third kappa shape index (κ3) is 5.71. The minimum Gasteiger partial charge on any atom is -0.482 e. The molecule has 3 aromatic rings. The molecular formula is C22H19ClN2O5. The number of amides is 1. The summed E-state index contributed by atoms with van der Waals surface area (Å²) in [6.45, 7) is 1.86. The van der Waals surface area contributed by atoms with Crippen LogP contribution in [0.5, 0.6) is 5.75 Å². The fourth-order valence-corrected chi connectivity index (χ4v) is 2.66. The summed E-state index contributed by atoms with van der Waals surface area (Å²) in [5.74, 6) is 0.660. The standard InChI is InChI=1S/C22H19ClN2O5/c1-2-28-22(27)16-9-7-15(8-10-16)19-12-11-17(30-19)13-24-25-21(26)14-29-20-6-4-3-5-18(20)23/h3-13H,2,14H2,1H3,(H,25,26)/b24-13-. The number of hydrazone groups is 1. The number of para-hydroxylation sites is 1. The summed E-state index contributed by atoms with van der Waals surface area (Å²) in [5.41, 5.74) is 3.61. The van der Waals surface area contributed by atoms with Gasteiger partial charge >= 0.3 is 5.97 Å². The van der Waals surface area contributed by atoms with Crippen LogP contribution in [0.3, 0.4) is 0 Å². The number of halogens is 1. The maximum atomic E-state index is 11.8. The molecule has 0 unspecified atom stereocenters. The van der Waals surface area contributed by atoms with Gasteiger partial charge in [-0.1, -0.05) is 35.9 Å². The number of hydrogen-bond donors (Lipinski definition) is 1. The molecule has 3 rings (SSSR count). The van der Waals surface area contributed by atoms with Crippen LogP contribution in [0.2, 0.25) is 5.02 Å². The van der Waals surface area contributed by atoms with Gasteiger partial charge < -0.3 is 13.9 Å². The van der Waals surface area contributed by atoms with Crippen molar-refractivity contribution in [3.63, 3.8) is 0 Å². The van der Waals surface area contributed by atoms with Crippen LogP contribution in [0.4, 0.5) is 0 Å². The second kappa shape index (κ2) is 10.3. The van der Waals surface area contributed by atoms with Crippen LogP contribution in [0.25, 0.3) is 11.3 Å². The molecule has 0 aliphatic carbocycles. The van der Waals surface area contributed by atoms with Gasteiger partial charge in [0.25, 0.3) is 5.91 Å². The summed E-state index contributed by atoms with van der Waals surface area (Å²) in [6.07, 6.45) is 1.38. The van der Waals surface area contributed by atoms with Crippen LogP contribution in [0.1, 0.15) is 23.0 Å². The normalized spacial score (nSPS) is 10.7. The van der Waals surface area contributed by atoms with Crippen molar-refractivity contribution in [2.45, 2.75) is 6.92 Å². The molecule has 7 nitrogen and oxygen atoms in total. The van der Waals surface area contributed by atoms with Crippen LogP contribution < -0.4 is 10.2 Å². The molecule has 1 aromatic heterocycles. The topological polar surface area (TPSA) is 90.1 Å². The van der Waals surface area contributed by atoms with E-state index in [0.29, 0.717) is 34.5 Å². The number of nitrogens with zero attached hydrogens (tertiary/aromatic N) is 1. The lowest BCUT2D eigenvalue weighted by molar-refractivity contribution is -0.123. The largest absolute Gasteiger partial charge is 0.482 e. The van der Waals surface area contributed by atoms with E-state index in [-0.39, 0.29) is 12.6 Å². The number of benzene rings is 2. The smallest absolute Gasteiger partial charge is 0.338 e. The van der Waals surface area contributed by atoms with Crippen molar-refractivity contribution < 1.29 is 23.5 Å². The first-order chi connectivity index (χ1) is 14.6. The highest BCUT2D eigenvalue weighted by molar-refractivity contribution is 6.32. The fraction of sp³-hybridized carbons (Fsp3) is 0.136. The summed E-state index contributed by atoms with van der Waals surface area (Å²) in [6, 6.07) is 17.2. The Morgan fingerprint density at radius 2 is 1.87 bits per heavy atom. The Morgan fingerprint density at radius 3 is 2.60 bits per heavy atom. The highest BCUT2D eigenvalue weighted by Gasteiger charge is 2.09. The van der Waals surface area contributed by atoms with Gasteiger partial charge in [-0.05, 0) is 43.3 Å². The molecule has 0 spiro atoms. The number of rotatable bonds is 8. The maximum Gasteiger partial charge on any atom is 0.338 e. The van der Waals surface area contributed by atoms with Crippen molar-refractivity contribution in [3.8, 4) is 17.1 Å². The van der Waals surface area contributed by atoms with Crippen LogP contribution in [-0.2, 0) is 9.53 Å². The number of esters is 1. The molecule has 2 aromatic carbocycles. The Bertz CT molecular complexity index is 1040. The van der Waals surface area contributed by atoms with Crippen LogP contribution in [0.15, 0.2) is 70.2 Å². The Labute approximate surface area is 178 Å². The molecule has 0 aliphatic rings. The first kappa shape index (κ1) is 21.1. The van der Waals surface area contributed by atoms with Gasteiger partial charge in [-0.25, -0.2) is 10.2 Å². The van der Waals surface area contributed by atoms with E-state index in [2.05, 4.69) is 10.5 Å². The quantitative estimate of drug-likeness (QED) is 0.329. The number of carbonyl (C=O) groups is 2. The van der Waals surface area contributed by atoms with Crippen LogP contribution >= 0.6 is 11.6 Å². The summed E-state index contributed by atoms with van der Waals surface area (Å²) in [7, 11) is 0. The van der Waals surface area contributed by atoms with Gasteiger partial charge in [0.2, 0.25) is 0 Å². The highest BCUT2D eigenvalue weighted by atomic mass is 35.5. The molecule has 0 bridgehead atoms. The minimum atomic E-state index is -0.437. The average Bonchev–Trinajstić information content (AvgIpc) is 3.22. The van der Waals surface area contributed by atoms with Gasteiger partial charge in [0.1, 0.15) is 17.3 Å². The summed E-state index contributed by atoms with van der Waals surface area (Å²) in [5, 5.41) is 4.27. The predicted octanol–water partition coefficient (Wildman–Crippen LogP) is 4.31. The number of hydrogen-bond acceptors (Lipinski definition) is 6. The van der Waals surface area contributed by atoms with Gasteiger partial charge in [-0.3, -0.25) is 4.79 Å². The Morgan fingerprint density at radius 1 is 1.10 bits per heavy atom. The molecule has 1 amide bonds. The molecule has 0 radical (unpaired) electrons. The van der Waals surface area contributed by atoms with Gasteiger partial charge in [0.05, 0.1) is 23.4 Å². The third-order valence-corrected chi connectivity index (χ3v) is 4.20. The fourth-order valence-electron chi connectivity index (χ4n) is 2.47. The number of ether oxygens (including phenoxy) is 2. The van der Waals surface area contributed by atoms with Crippen molar-refractivity contribution in [1.29, 1.82) is 0 Å². The van der Waals surface area contributed by atoms with E-state index in [1.165, 1.54) is 6.21 Å². The van der Waals surface area contributed by atoms with E-state index in [0.717, 1.165) is 5.56 Å². The molecule has 8 heteroatoms. The molecular weight excluding hydrogens is 408 g/mol. The molecule has 0 saturated carbocycles. The van der Waals surface area contributed by atoms with E-state index in [1.54, 1.807) is 67.6 Å². The van der Waals surface area contributed by atoms with E-state index in [1.807, 2.05) is 0 Å². The lowest BCUT2D eigenvalue weighted by Gasteiger charge is -2.06. The molecule has 0 saturated heterocycles. The van der Waals surface area contributed by atoms with Crippen LogP contribution in [-0.4, -0.2) is 31.3 Å². The van der Waals surface area contributed by atoms with Gasteiger partial charge in [0.15, 0.2) is 6.61 Å². The van der Waals surface area contributed by atoms with Gasteiger partial charge in [0, 0.05) is 5.56 Å². The maximum absolute atomic E-state index is 11.8. The molecule has 154 valence electrons. The van der Waals surface area contributed by atoms with E-state index in [9.17, 15) is 9.59 Å². The first-order valence-corrected chi connectivity index (χ1v) is 9.51. The monoisotopic (exact) mass is 426 g/mol. The van der Waals surface area contributed by atoms with Gasteiger partial charge in [-0.2, -0.15) is 5.10 Å². The molecule has 0 aliphatic heterocycles. The van der Waals surface area contributed by atoms with Crippen molar-refractivity contribution in [1.82, 2.24) is 5.43 Å². The molecule has 30 heavy (non-hydrogen) atoms. The number of furan rings is 1. The van der Waals surface area contributed by atoms with E-state index >= 15 is 0 Å².